The van der Waals surface area contributed by atoms with Gasteiger partial charge in [-0.05, 0) is 32.7 Å². The molecule has 0 spiro atoms. The lowest BCUT2D eigenvalue weighted by Crippen LogP contribution is -2.50. The second-order valence-corrected chi connectivity index (χ2v) is 4.74. The summed E-state index contributed by atoms with van der Waals surface area (Å²) in [7, 11) is 0. The van der Waals surface area contributed by atoms with E-state index in [1.54, 1.807) is 0 Å². The van der Waals surface area contributed by atoms with Crippen molar-refractivity contribution in [1.29, 1.82) is 0 Å². The van der Waals surface area contributed by atoms with E-state index in [1.807, 2.05) is 6.92 Å². The number of carbonyl (C=O) groups excluding carboxylic acids is 1. The number of carbonyl (C=O) groups is 1. The fourth-order valence-corrected chi connectivity index (χ4v) is 2.52. The Morgan fingerprint density at radius 2 is 2.35 bits per heavy atom. The van der Waals surface area contributed by atoms with Crippen molar-refractivity contribution in [1.82, 2.24) is 10.6 Å². The molecule has 0 aliphatic carbocycles. The van der Waals surface area contributed by atoms with Crippen molar-refractivity contribution in [3.63, 3.8) is 0 Å². The minimum Gasteiger partial charge on any atom is -0.355 e. The molecule has 0 aromatic carbocycles. The summed E-state index contributed by atoms with van der Waals surface area (Å²) in [4.78, 5) is 12.3. The third-order valence-electron chi connectivity index (χ3n) is 3.39. The molecule has 3 heteroatoms. The van der Waals surface area contributed by atoms with Crippen molar-refractivity contribution in [2.24, 2.45) is 5.41 Å². The normalized spacial score (nSPS) is 23.6. The third-order valence-corrected chi connectivity index (χ3v) is 3.39. The summed E-state index contributed by atoms with van der Waals surface area (Å²) < 4.78 is 0. The van der Waals surface area contributed by atoms with Crippen LogP contribution in [0.2, 0.25) is 0 Å². The van der Waals surface area contributed by atoms with Gasteiger partial charge in [-0.2, -0.15) is 0 Å². The Morgan fingerprint density at radius 3 is 2.94 bits per heavy atom. The van der Waals surface area contributed by atoms with Crippen LogP contribution < -0.4 is 10.6 Å². The Balaban J connectivity index is 2.49. The van der Waals surface area contributed by atoms with Gasteiger partial charge < -0.3 is 10.6 Å². The van der Waals surface area contributed by atoms with Gasteiger partial charge >= 0.3 is 0 Å². The zero-order chi connectivity index (χ0) is 12.6. The second-order valence-electron chi connectivity index (χ2n) is 4.74. The highest BCUT2D eigenvalue weighted by Gasteiger charge is 2.38. The molecular formula is C14H24N2O. The summed E-state index contributed by atoms with van der Waals surface area (Å²) >= 11 is 0. The third kappa shape index (κ3) is 4.05. The molecule has 0 aromatic rings. The van der Waals surface area contributed by atoms with Crippen LogP contribution in [0, 0.1) is 17.3 Å². The molecular weight excluding hydrogens is 212 g/mol. The van der Waals surface area contributed by atoms with Crippen molar-refractivity contribution < 1.29 is 4.79 Å². The van der Waals surface area contributed by atoms with Crippen LogP contribution in [-0.2, 0) is 4.79 Å². The molecule has 0 aromatic heterocycles. The molecule has 1 aliphatic heterocycles. The summed E-state index contributed by atoms with van der Waals surface area (Å²) in [6.07, 6.45) is 4.90. The fraction of sp³-hybridized carbons (Fsp3) is 0.786. The van der Waals surface area contributed by atoms with Crippen molar-refractivity contribution in [3.8, 4) is 11.8 Å². The van der Waals surface area contributed by atoms with E-state index in [2.05, 4.69) is 29.4 Å². The van der Waals surface area contributed by atoms with Crippen LogP contribution in [0.5, 0.6) is 0 Å². The van der Waals surface area contributed by atoms with E-state index in [-0.39, 0.29) is 11.3 Å². The minimum atomic E-state index is -0.174. The molecule has 1 unspecified atom stereocenters. The number of amides is 1. The van der Waals surface area contributed by atoms with Gasteiger partial charge in [-0.25, -0.2) is 0 Å². The Hall–Kier alpha value is -1.01. The molecule has 3 nitrogen and oxygen atoms in total. The Morgan fingerprint density at radius 1 is 1.53 bits per heavy atom. The van der Waals surface area contributed by atoms with Crippen molar-refractivity contribution in [3.05, 3.63) is 0 Å². The molecule has 0 bridgehead atoms. The molecule has 1 fully saturated rings. The van der Waals surface area contributed by atoms with Crippen LogP contribution >= 0.6 is 0 Å². The maximum Gasteiger partial charge on any atom is 0.227 e. The van der Waals surface area contributed by atoms with Crippen LogP contribution in [-0.4, -0.2) is 25.5 Å². The van der Waals surface area contributed by atoms with Crippen molar-refractivity contribution in [2.45, 2.75) is 46.0 Å². The monoisotopic (exact) mass is 236 g/mol. The number of nitrogens with one attached hydrogen (secondary N) is 2. The van der Waals surface area contributed by atoms with E-state index in [4.69, 9.17) is 0 Å². The highest BCUT2D eigenvalue weighted by Crippen LogP contribution is 2.31. The first-order chi connectivity index (χ1) is 8.25. The summed E-state index contributed by atoms with van der Waals surface area (Å²) in [5, 5.41) is 6.39. The van der Waals surface area contributed by atoms with Crippen LogP contribution in [0.1, 0.15) is 46.0 Å². The van der Waals surface area contributed by atoms with Gasteiger partial charge in [0.2, 0.25) is 5.91 Å². The first-order valence-corrected chi connectivity index (χ1v) is 6.64. The number of rotatable bonds is 5. The first kappa shape index (κ1) is 14.1. The van der Waals surface area contributed by atoms with Gasteiger partial charge in [0.05, 0.1) is 5.41 Å². The quantitative estimate of drug-likeness (QED) is 0.563. The zero-order valence-electron chi connectivity index (χ0n) is 11.1. The largest absolute Gasteiger partial charge is 0.355 e. The second kappa shape index (κ2) is 7.34. The number of hydrogen-bond donors (Lipinski definition) is 2. The molecule has 1 amide bonds. The van der Waals surface area contributed by atoms with Crippen LogP contribution in [0.25, 0.3) is 0 Å². The molecule has 1 rings (SSSR count). The highest BCUT2D eigenvalue weighted by atomic mass is 16.2. The SMILES string of the molecule is CC#CCCNC(=O)C1(CCC)CCCNC1. The van der Waals surface area contributed by atoms with Crippen LogP contribution in [0.3, 0.4) is 0 Å². The predicted octanol–water partition coefficient (Wildman–Crippen LogP) is 1.69. The van der Waals surface area contributed by atoms with Gasteiger partial charge in [0.15, 0.2) is 0 Å². The topological polar surface area (TPSA) is 41.1 Å². The maximum atomic E-state index is 12.3. The smallest absolute Gasteiger partial charge is 0.227 e. The summed E-state index contributed by atoms with van der Waals surface area (Å²) in [5.41, 5.74) is -0.174. The Bertz CT molecular complexity index is 290. The van der Waals surface area contributed by atoms with Crippen LogP contribution in [0.15, 0.2) is 0 Å². The van der Waals surface area contributed by atoms with E-state index in [0.29, 0.717) is 6.54 Å². The minimum absolute atomic E-state index is 0.174. The molecule has 1 atom stereocenters. The lowest BCUT2D eigenvalue weighted by molar-refractivity contribution is -0.132. The standard InChI is InChI=1S/C14H24N2O/c1-3-5-6-11-16-13(17)14(8-4-2)9-7-10-15-12-14/h15H,4,6-12H2,1-2H3,(H,16,17). The van der Waals surface area contributed by atoms with Gasteiger partial charge in [-0.3, -0.25) is 4.79 Å². The van der Waals surface area contributed by atoms with Gasteiger partial charge in [-0.15, -0.1) is 11.8 Å². The van der Waals surface area contributed by atoms with Crippen molar-refractivity contribution >= 4 is 5.91 Å². The molecule has 2 N–H and O–H groups in total. The maximum absolute atomic E-state index is 12.3. The molecule has 96 valence electrons. The van der Waals surface area contributed by atoms with E-state index in [1.165, 1.54) is 0 Å². The number of piperidine rings is 1. The zero-order valence-corrected chi connectivity index (χ0v) is 11.1. The molecule has 17 heavy (non-hydrogen) atoms. The van der Waals surface area contributed by atoms with E-state index in [9.17, 15) is 4.79 Å². The van der Waals surface area contributed by atoms with Gasteiger partial charge in [0, 0.05) is 19.5 Å². The lowest BCUT2D eigenvalue weighted by atomic mass is 9.76. The summed E-state index contributed by atoms with van der Waals surface area (Å²) in [6.45, 7) is 6.51. The average Bonchev–Trinajstić information content (AvgIpc) is 2.36. The van der Waals surface area contributed by atoms with E-state index < -0.39 is 0 Å². The summed E-state index contributed by atoms with van der Waals surface area (Å²) in [5.74, 6) is 6.03. The molecule has 1 saturated heterocycles. The van der Waals surface area contributed by atoms with Gasteiger partial charge in [0.25, 0.3) is 0 Å². The van der Waals surface area contributed by atoms with E-state index >= 15 is 0 Å². The average molecular weight is 236 g/mol. The fourth-order valence-electron chi connectivity index (χ4n) is 2.52. The number of hydrogen-bond acceptors (Lipinski definition) is 2. The Kier molecular flexibility index (Phi) is 6.07. The molecule has 0 saturated carbocycles. The van der Waals surface area contributed by atoms with E-state index in [0.717, 1.165) is 45.2 Å². The predicted molar refractivity (Wildman–Crippen MR) is 70.5 cm³/mol. The van der Waals surface area contributed by atoms with Crippen LogP contribution in [0.4, 0.5) is 0 Å². The Labute approximate surface area is 105 Å². The molecule has 1 aliphatic rings. The highest BCUT2D eigenvalue weighted by molar-refractivity contribution is 5.83. The summed E-state index contributed by atoms with van der Waals surface area (Å²) in [6, 6.07) is 0. The van der Waals surface area contributed by atoms with Gasteiger partial charge in [-0.1, -0.05) is 13.3 Å². The molecule has 0 radical (unpaired) electrons. The first-order valence-electron chi connectivity index (χ1n) is 6.64. The van der Waals surface area contributed by atoms with Gasteiger partial charge in [0.1, 0.15) is 0 Å². The van der Waals surface area contributed by atoms with Crippen molar-refractivity contribution in [2.75, 3.05) is 19.6 Å². The molecule has 1 heterocycles. The lowest BCUT2D eigenvalue weighted by Gasteiger charge is -2.36.